The number of carboxylic acid groups (broad SMARTS) is 1. The molecule has 4 heteroatoms. The third-order valence-electron chi connectivity index (χ3n) is 2.49. The van der Waals surface area contributed by atoms with Gasteiger partial charge >= 0.3 is 5.97 Å². The van der Waals surface area contributed by atoms with Crippen LogP contribution in [0.2, 0.25) is 0 Å². The molecule has 1 aromatic rings. The van der Waals surface area contributed by atoms with Crippen LogP contribution in [-0.4, -0.2) is 21.0 Å². The molecule has 4 nitrogen and oxygen atoms in total. The molecule has 2 atom stereocenters. The number of carboxylic acids is 1. The molecule has 0 saturated heterocycles. The lowest BCUT2D eigenvalue weighted by Gasteiger charge is -2.16. The molecule has 0 amide bonds. The highest BCUT2D eigenvalue weighted by Gasteiger charge is 2.23. The third kappa shape index (κ3) is 2.07. The molecule has 2 unspecified atom stereocenters. The molecule has 0 aromatic carbocycles. The summed E-state index contributed by atoms with van der Waals surface area (Å²) in [5.41, 5.74) is 1.57. The van der Waals surface area contributed by atoms with Gasteiger partial charge in [0.05, 0.1) is 17.3 Å². The maximum absolute atomic E-state index is 10.8. The van der Waals surface area contributed by atoms with E-state index in [4.69, 9.17) is 5.11 Å². The Morgan fingerprint density at radius 2 is 1.93 bits per heavy atom. The Morgan fingerprint density at radius 1 is 1.36 bits per heavy atom. The Balaban J connectivity index is 2.94. The molecule has 14 heavy (non-hydrogen) atoms. The zero-order valence-corrected chi connectivity index (χ0v) is 8.56. The number of nitrogens with zero attached hydrogens (tertiary/aromatic N) is 2. The Hall–Kier alpha value is -1.45. The van der Waals surface area contributed by atoms with Crippen molar-refractivity contribution in [1.29, 1.82) is 0 Å². The summed E-state index contributed by atoms with van der Waals surface area (Å²) in [7, 11) is 0. The molecule has 0 aliphatic rings. The monoisotopic (exact) mass is 194 g/mol. The fraction of sp³-hybridized carbons (Fsp3) is 0.500. The fourth-order valence-electron chi connectivity index (χ4n) is 1.32. The molecule has 0 fully saturated rings. The average molecular weight is 194 g/mol. The molecule has 1 heterocycles. The minimum Gasteiger partial charge on any atom is -0.481 e. The first-order valence-corrected chi connectivity index (χ1v) is 4.54. The van der Waals surface area contributed by atoms with Gasteiger partial charge in [-0.2, -0.15) is 0 Å². The largest absolute Gasteiger partial charge is 0.481 e. The molecule has 1 aromatic heterocycles. The second-order valence-electron chi connectivity index (χ2n) is 3.44. The number of carbonyl (C=O) groups is 1. The Kier molecular flexibility index (Phi) is 3.17. The lowest BCUT2D eigenvalue weighted by Crippen LogP contribution is -2.18. The minimum atomic E-state index is -0.803. The van der Waals surface area contributed by atoms with Gasteiger partial charge in [0, 0.05) is 18.3 Å². The lowest BCUT2D eigenvalue weighted by atomic mass is 9.92. The molecule has 1 rings (SSSR count). The van der Waals surface area contributed by atoms with E-state index in [0.29, 0.717) is 0 Å². The van der Waals surface area contributed by atoms with E-state index in [1.165, 1.54) is 0 Å². The number of aliphatic carboxylic acids is 1. The van der Waals surface area contributed by atoms with Crippen molar-refractivity contribution in [3.8, 4) is 0 Å². The van der Waals surface area contributed by atoms with Crippen molar-refractivity contribution < 1.29 is 9.90 Å². The van der Waals surface area contributed by atoms with Crippen LogP contribution in [-0.2, 0) is 4.79 Å². The molecule has 0 aliphatic carbocycles. The normalized spacial score (nSPS) is 14.8. The Labute approximate surface area is 83.0 Å². The topological polar surface area (TPSA) is 63.1 Å². The molecular formula is C10H14N2O2. The van der Waals surface area contributed by atoms with Gasteiger partial charge in [0.2, 0.25) is 0 Å². The van der Waals surface area contributed by atoms with Crippen LogP contribution in [0, 0.1) is 12.8 Å². The molecule has 0 aliphatic heterocycles. The molecule has 0 spiro atoms. The summed E-state index contributed by atoms with van der Waals surface area (Å²) in [5, 5.41) is 8.86. The van der Waals surface area contributed by atoms with E-state index < -0.39 is 11.9 Å². The van der Waals surface area contributed by atoms with Crippen LogP contribution in [0.15, 0.2) is 12.4 Å². The van der Waals surface area contributed by atoms with Crippen molar-refractivity contribution >= 4 is 5.97 Å². The van der Waals surface area contributed by atoms with Gasteiger partial charge in [-0.25, -0.2) is 0 Å². The fourth-order valence-corrected chi connectivity index (χ4v) is 1.32. The Morgan fingerprint density at radius 3 is 2.43 bits per heavy atom. The van der Waals surface area contributed by atoms with Gasteiger partial charge in [-0.05, 0) is 6.92 Å². The van der Waals surface area contributed by atoms with Crippen molar-refractivity contribution in [3.63, 3.8) is 0 Å². The zero-order chi connectivity index (χ0) is 10.7. The first-order valence-electron chi connectivity index (χ1n) is 4.54. The highest BCUT2D eigenvalue weighted by atomic mass is 16.4. The van der Waals surface area contributed by atoms with Crippen molar-refractivity contribution in [3.05, 3.63) is 23.8 Å². The predicted molar refractivity (Wildman–Crippen MR) is 52.0 cm³/mol. The maximum atomic E-state index is 10.8. The van der Waals surface area contributed by atoms with Crippen LogP contribution >= 0.6 is 0 Å². The van der Waals surface area contributed by atoms with Gasteiger partial charge in [0.1, 0.15) is 0 Å². The van der Waals surface area contributed by atoms with E-state index in [1.54, 1.807) is 19.3 Å². The average Bonchev–Trinajstić information content (AvgIpc) is 2.16. The van der Waals surface area contributed by atoms with E-state index >= 15 is 0 Å². The van der Waals surface area contributed by atoms with Crippen LogP contribution in [0.4, 0.5) is 0 Å². The van der Waals surface area contributed by atoms with Crippen molar-refractivity contribution in [2.24, 2.45) is 5.92 Å². The number of hydrogen-bond acceptors (Lipinski definition) is 3. The summed E-state index contributed by atoms with van der Waals surface area (Å²) in [5.74, 6) is -1.35. The summed E-state index contributed by atoms with van der Waals surface area (Å²) in [4.78, 5) is 19.0. The number of aryl methyl sites for hydroxylation is 1. The van der Waals surface area contributed by atoms with E-state index in [2.05, 4.69) is 9.97 Å². The SMILES string of the molecule is Cc1nccnc1C(C)C(C)C(=O)O. The highest BCUT2D eigenvalue weighted by Crippen LogP contribution is 2.23. The van der Waals surface area contributed by atoms with Gasteiger partial charge in [-0.1, -0.05) is 13.8 Å². The molecule has 0 radical (unpaired) electrons. The van der Waals surface area contributed by atoms with Gasteiger partial charge in [-0.15, -0.1) is 0 Å². The number of rotatable bonds is 3. The second-order valence-corrected chi connectivity index (χ2v) is 3.44. The standard InChI is InChI=1S/C10H14N2O2/c1-6(7(2)10(13)14)9-8(3)11-4-5-12-9/h4-7H,1-3H3,(H,13,14). The Bertz CT molecular complexity index is 339. The second kappa shape index (κ2) is 4.17. The minimum absolute atomic E-state index is 0.110. The van der Waals surface area contributed by atoms with Gasteiger partial charge < -0.3 is 5.11 Å². The summed E-state index contributed by atoms with van der Waals surface area (Å²) in [6.45, 7) is 5.38. The number of hydrogen-bond donors (Lipinski definition) is 1. The number of aromatic nitrogens is 2. The van der Waals surface area contributed by atoms with Crippen LogP contribution in [0.3, 0.4) is 0 Å². The first-order chi connectivity index (χ1) is 6.54. The van der Waals surface area contributed by atoms with Crippen LogP contribution in [0.1, 0.15) is 31.2 Å². The van der Waals surface area contributed by atoms with Crippen LogP contribution < -0.4 is 0 Å². The first kappa shape index (κ1) is 10.6. The maximum Gasteiger partial charge on any atom is 0.306 e. The van der Waals surface area contributed by atoms with Crippen LogP contribution in [0.25, 0.3) is 0 Å². The molecular weight excluding hydrogens is 180 g/mol. The van der Waals surface area contributed by atoms with Gasteiger partial charge in [0.25, 0.3) is 0 Å². The van der Waals surface area contributed by atoms with Crippen molar-refractivity contribution in [2.75, 3.05) is 0 Å². The summed E-state index contributed by atoms with van der Waals surface area (Å²) in [6, 6.07) is 0. The zero-order valence-electron chi connectivity index (χ0n) is 8.56. The third-order valence-corrected chi connectivity index (χ3v) is 2.49. The van der Waals surface area contributed by atoms with Crippen molar-refractivity contribution in [1.82, 2.24) is 9.97 Å². The highest BCUT2D eigenvalue weighted by molar-refractivity contribution is 5.70. The van der Waals surface area contributed by atoms with Gasteiger partial charge in [-0.3, -0.25) is 14.8 Å². The van der Waals surface area contributed by atoms with Crippen molar-refractivity contribution in [2.45, 2.75) is 26.7 Å². The molecule has 0 saturated carbocycles. The molecule has 0 bridgehead atoms. The van der Waals surface area contributed by atoms with E-state index in [0.717, 1.165) is 11.4 Å². The van der Waals surface area contributed by atoms with E-state index in [1.807, 2.05) is 13.8 Å². The quantitative estimate of drug-likeness (QED) is 0.794. The molecule has 76 valence electrons. The lowest BCUT2D eigenvalue weighted by molar-refractivity contribution is -0.141. The van der Waals surface area contributed by atoms with E-state index in [9.17, 15) is 4.79 Å². The summed E-state index contributed by atoms with van der Waals surface area (Å²) >= 11 is 0. The van der Waals surface area contributed by atoms with Gasteiger partial charge in [0.15, 0.2) is 0 Å². The van der Waals surface area contributed by atoms with E-state index in [-0.39, 0.29) is 5.92 Å². The van der Waals surface area contributed by atoms with Crippen LogP contribution in [0.5, 0.6) is 0 Å². The molecule has 1 N–H and O–H groups in total. The summed E-state index contributed by atoms with van der Waals surface area (Å²) in [6.07, 6.45) is 3.20. The predicted octanol–water partition coefficient (Wildman–Crippen LogP) is 1.61. The smallest absolute Gasteiger partial charge is 0.306 e. The summed E-state index contributed by atoms with van der Waals surface area (Å²) < 4.78 is 0.